The van der Waals surface area contributed by atoms with Gasteiger partial charge in [-0.3, -0.25) is 0 Å². The number of carbonyl (C=O) groups is 1. The van der Waals surface area contributed by atoms with Crippen molar-refractivity contribution < 1.29 is 14.3 Å². The summed E-state index contributed by atoms with van der Waals surface area (Å²) in [6.45, 7) is 7.56. The van der Waals surface area contributed by atoms with E-state index >= 15 is 0 Å². The Bertz CT molecular complexity index is 961. The van der Waals surface area contributed by atoms with Crippen LogP contribution in [0.4, 0.5) is 0 Å². The first-order valence-electron chi connectivity index (χ1n) is 10.2. The van der Waals surface area contributed by atoms with E-state index in [9.17, 15) is 4.79 Å². The van der Waals surface area contributed by atoms with Gasteiger partial charge in [0.1, 0.15) is 0 Å². The molecular weight excluding hydrogens is 425 g/mol. The Morgan fingerprint density at radius 1 is 1.07 bits per heavy atom. The van der Waals surface area contributed by atoms with Crippen LogP contribution in [-0.4, -0.2) is 31.8 Å². The van der Waals surface area contributed by atoms with E-state index in [1.54, 1.807) is 0 Å². The Kier molecular flexibility index (Phi) is 7.44. The molecule has 2 aromatic carbocycles. The van der Waals surface area contributed by atoms with E-state index in [4.69, 9.17) is 9.47 Å². The zero-order valence-electron chi connectivity index (χ0n) is 17.8. The van der Waals surface area contributed by atoms with Gasteiger partial charge in [-0.05, 0) is 0 Å². The zero-order valence-corrected chi connectivity index (χ0v) is 19.7. The molecule has 29 heavy (non-hydrogen) atoms. The molecule has 0 saturated carbocycles. The van der Waals surface area contributed by atoms with Gasteiger partial charge >= 0.3 is 160 Å². The molecule has 0 fully saturated rings. The van der Waals surface area contributed by atoms with E-state index < -0.39 is 14.7 Å². The predicted octanol–water partition coefficient (Wildman–Crippen LogP) is 5.76. The van der Waals surface area contributed by atoms with Crippen molar-refractivity contribution in [2.45, 2.75) is 43.0 Å². The van der Waals surface area contributed by atoms with Gasteiger partial charge in [0, 0.05) is 0 Å². The summed E-state index contributed by atoms with van der Waals surface area (Å²) in [6, 6.07) is 15.8. The van der Waals surface area contributed by atoms with Crippen molar-refractivity contribution in [1.29, 1.82) is 0 Å². The normalized spacial score (nSPS) is 11.2. The van der Waals surface area contributed by atoms with Gasteiger partial charge in [0.25, 0.3) is 0 Å². The third-order valence-electron chi connectivity index (χ3n) is 5.45. The first kappa shape index (κ1) is 21.5. The van der Waals surface area contributed by atoms with Crippen LogP contribution in [0.15, 0.2) is 48.5 Å². The van der Waals surface area contributed by atoms with Gasteiger partial charge in [-0.15, -0.1) is 0 Å². The van der Waals surface area contributed by atoms with E-state index in [1.807, 2.05) is 67.1 Å². The number of aryl methyl sites for hydroxylation is 1. The maximum absolute atomic E-state index is 12.9. The number of fused-ring (bicyclic) bond motifs is 1. The first-order valence-corrected chi connectivity index (χ1v) is 14.2. The standard InChI is InChI=1S/C24H30AsNO3/c1-5-25(6-2)14-15-28-20-12-13-22-21(16-20)23(18(3)26(22)4)24(27)29-17-19-10-8-7-9-11-19/h7-13,16H,5-6,14-15,17H2,1-4H3. The van der Waals surface area contributed by atoms with Crippen LogP contribution in [0.5, 0.6) is 5.75 Å². The van der Waals surface area contributed by atoms with Crippen LogP contribution in [0.25, 0.3) is 10.9 Å². The van der Waals surface area contributed by atoms with Crippen molar-refractivity contribution in [1.82, 2.24) is 4.57 Å². The number of rotatable bonds is 9. The van der Waals surface area contributed by atoms with Crippen molar-refractivity contribution in [3.8, 4) is 5.75 Å². The summed E-state index contributed by atoms with van der Waals surface area (Å²) in [6.07, 6.45) is 0. The van der Waals surface area contributed by atoms with Crippen LogP contribution >= 0.6 is 0 Å². The summed E-state index contributed by atoms with van der Waals surface area (Å²) in [7, 11) is 1.98. The molecule has 1 heterocycles. The maximum atomic E-state index is 12.9. The Balaban J connectivity index is 1.78. The van der Waals surface area contributed by atoms with Gasteiger partial charge in [-0.2, -0.15) is 0 Å². The van der Waals surface area contributed by atoms with Crippen molar-refractivity contribution in [2.24, 2.45) is 7.05 Å². The summed E-state index contributed by atoms with van der Waals surface area (Å²) in [5.41, 5.74) is 3.52. The van der Waals surface area contributed by atoms with Crippen LogP contribution < -0.4 is 4.74 Å². The second-order valence-electron chi connectivity index (χ2n) is 7.14. The summed E-state index contributed by atoms with van der Waals surface area (Å²) in [5.74, 6) is 0.528. The molecule has 0 spiro atoms. The second-order valence-corrected chi connectivity index (χ2v) is 13.5. The van der Waals surface area contributed by atoms with E-state index in [0.29, 0.717) is 5.56 Å². The molecule has 154 valence electrons. The molecular formula is C24H30AsNO3. The molecule has 3 rings (SSSR count). The number of nitrogens with zero attached hydrogens (tertiary/aromatic N) is 1. The van der Waals surface area contributed by atoms with E-state index in [1.165, 1.54) is 15.6 Å². The summed E-state index contributed by atoms with van der Waals surface area (Å²) in [4.78, 5) is 12.9. The molecule has 4 nitrogen and oxygen atoms in total. The SMILES string of the molecule is CC[As](CC)CCOc1ccc2c(c1)c(C(=O)OCc1ccccc1)c(C)n2C. The van der Waals surface area contributed by atoms with Gasteiger partial charge in [-0.25, -0.2) is 0 Å². The fraction of sp³-hybridized carbons (Fsp3) is 0.375. The molecule has 0 amide bonds. The van der Waals surface area contributed by atoms with Crippen molar-refractivity contribution >= 4 is 31.5 Å². The van der Waals surface area contributed by atoms with Gasteiger partial charge in [-0.1, -0.05) is 18.2 Å². The average molecular weight is 455 g/mol. The number of benzene rings is 2. The monoisotopic (exact) mass is 455 g/mol. The molecule has 0 radical (unpaired) electrons. The van der Waals surface area contributed by atoms with E-state index in [2.05, 4.69) is 13.8 Å². The minimum atomic E-state index is -0.723. The quantitative estimate of drug-likeness (QED) is 0.304. The summed E-state index contributed by atoms with van der Waals surface area (Å²) < 4.78 is 13.7. The molecule has 0 saturated heterocycles. The Labute approximate surface area is 178 Å². The third-order valence-corrected chi connectivity index (χ3v) is 10.9. The van der Waals surface area contributed by atoms with Crippen molar-refractivity contribution in [3.63, 3.8) is 0 Å². The van der Waals surface area contributed by atoms with Gasteiger partial charge in [0.15, 0.2) is 0 Å². The van der Waals surface area contributed by atoms with Gasteiger partial charge in [0.05, 0.1) is 0 Å². The fourth-order valence-corrected chi connectivity index (χ4v) is 6.52. The topological polar surface area (TPSA) is 40.5 Å². The number of hydrogen-bond donors (Lipinski definition) is 0. The average Bonchev–Trinajstić information content (AvgIpc) is 3.00. The minimum absolute atomic E-state index is 0.270. The molecule has 0 bridgehead atoms. The number of ether oxygens (including phenoxy) is 2. The molecule has 0 N–H and O–H groups in total. The molecule has 1 aromatic heterocycles. The fourth-order valence-electron chi connectivity index (χ4n) is 3.53. The predicted molar refractivity (Wildman–Crippen MR) is 120 cm³/mol. The van der Waals surface area contributed by atoms with Gasteiger partial charge < -0.3 is 0 Å². The number of esters is 1. The third kappa shape index (κ3) is 5.05. The van der Waals surface area contributed by atoms with Crippen molar-refractivity contribution in [2.75, 3.05) is 6.61 Å². The first-order chi connectivity index (χ1) is 14.0. The number of hydrogen-bond acceptors (Lipinski definition) is 3. The van der Waals surface area contributed by atoms with Crippen LogP contribution in [-0.2, 0) is 18.4 Å². The van der Waals surface area contributed by atoms with Crippen LogP contribution in [0.2, 0.25) is 15.6 Å². The Hall–Kier alpha value is -2.19. The summed E-state index contributed by atoms with van der Waals surface area (Å²) >= 11 is -0.723. The molecule has 0 aliphatic heterocycles. The Morgan fingerprint density at radius 2 is 1.79 bits per heavy atom. The number of carbonyl (C=O) groups excluding carboxylic acids is 1. The summed E-state index contributed by atoms with van der Waals surface area (Å²) in [5, 5.41) is 4.72. The van der Waals surface area contributed by atoms with Crippen LogP contribution in [0, 0.1) is 6.92 Å². The van der Waals surface area contributed by atoms with Crippen LogP contribution in [0.3, 0.4) is 0 Å². The molecule has 0 unspecified atom stereocenters. The van der Waals surface area contributed by atoms with E-state index in [0.717, 1.165) is 34.5 Å². The molecule has 3 aromatic rings. The molecule has 5 heteroatoms. The molecule has 0 aliphatic carbocycles. The Morgan fingerprint density at radius 3 is 2.48 bits per heavy atom. The van der Waals surface area contributed by atoms with E-state index in [-0.39, 0.29) is 12.6 Å². The molecule has 0 atom stereocenters. The number of aromatic nitrogens is 1. The van der Waals surface area contributed by atoms with Crippen molar-refractivity contribution in [3.05, 3.63) is 65.4 Å². The second kappa shape index (κ2) is 10.0. The van der Waals surface area contributed by atoms with Gasteiger partial charge in [0.2, 0.25) is 0 Å². The molecule has 0 aliphatic rings. The van der Waals surface area contributed by atoms with Crippen LogP contribution in [0.1, 0.15) is 35.5 Å². The zero-order chi connectivity index (χ0) is 20.8.